The number of aliphatic hydroxyl groups is 1. The number of fused-ring (bicyclic) bond motifs is 1. The number of hydrogen-bond donors (Lipinski definition) is 5. The van der Waals surface area contributed by atoms with E-state index in [4.69, 9.17) is 17.2 Å². The summed E-state index contributed by atoms with van der Waals surface area (Å²) in [5.41, 5.74) is 16.8. The number of pyridine rings is 1. The zero-order valence-electron chi connectivity index (χ0n) is 17.4. The monoisotopic (exact) mass is 448 g/mol. The Labute approximate surface area is 187 Å². The Kier molecular flexibility index (Phi) is 4.59. The molecule has 5 rings (SSSR count). The highest BCUT2D eigenvalue weighted by molar-refractivity contribution is 6.04. The topological polar surface area (TPSA) is 166 Å². The van der Waals surface area contributed by atoms with Gasteiger partial charge in [0.05, 0.1) is 11.7 Å². The largest absolute Gasteiger partial charge is 0.507 e. The lowest BCUT2D eigenvalue weighted by Crippen LogP contribution is -2.52. The molecule has 1 saturated carbocycles. The van der Waals surface area contributed by atoms with Crippen LogP contribution in [0.15, 0.2) is 48.5 Å². The minimum Gasteiger partial charge on any atom is -0.507 e. The molecule has 0 saturated heterocycles. The number of aromatic nitrogens is 3. The summed E-state index contributed by atoms with van der Waals surface area (Å²) in [4.78, 5) is 16.6. The van der Waals surface area contributed by atoms with Crippen LogP contribution >= 0.6 is 0 Å². The number of amides is 1. The van der Waals surface area contributed by atoms with Gasteiger partial charge in [0.15, 0.2) is 5.82 Å². The lowest BCUT2D eigenvalue weighted by atomic mass is 9.83. The number of hydrogen-bond acceptors (Lipinski definition) is 7. The van der Waals surface area contributed by atoms with Crippen LogP contribution in [0.2, 0.25) is 0 Å². The Hall–Kier alpha value is -4.02. The van der Waals surface area contributed by atoms with Gasteiger partial charge in [0.2, 0.25) is 0 Å². The number of carbonyl (C=O) groups is 1. The highest BCUT2D eigenvalue weighted by Gasteiger charge is 2.42. The molecule has 1 fully saturated rings. The van der Waals surface area contributed by atoms with E-state index in [-0.39, 0.29) is 58.2 Å². The van der Waals surface area contributed by atoms with E-state index in [1.165, 1.54) is 22.9 Å². The second-order valence-corrected chi connectivity index (χ2v) is 8.30. The van der Waals surface area contributed by atoms with Gasteiger partial charge in [-0.05, 0) is 12.1 Å². The third-order valence-electron chi connectivity index (χ3n) is 5.94. The standard InChI is InChI=1S/C23H21FN6O3/c24-18-14(19-17(22(26)32)21(25)30(29-19)12-9-23(27,33)10-12)7-6-13-16(31)8-15(28-20(13)18)11-4-2-1-3-5-11/h1-8,12,33H,9-10,25,27H2,(H2,26,32)(H,28,31)/t12-,23+. The van der Waals surface area contributed by atoms with E-state index in [2.05, 4.69) is 10.1 Å². The number of nitrogen functional groups attached to an aromatic ring is 1. The molecule has 4 aromatic rings. The molecule has 0 unspecified atom stereocenters. The van der Waals surface area contributed by atoms with Gasteiger partial charge in [0.25, 0.3) is 5.91 Å². The Balaban J connectivity index is 1.69. The normalized spacial score (nSPS) is 20.0. The molecule has 10 heteroatoms. The fraction of sp³-hybridized carbons (Fsp3) is 0.174. The quantitative estimate of drug-likeness (QED) is 0.299. The number of benzene rings is 2. The number of anilines is 1. The molecule has 168 valence electrons. The van der Waals surface area contributed by atoms with Crippen molar-refractivity contribution >= 4 is 22.6 Å². The first-order chi connectivity index (χ1) is 15.7. The number of nitrogens with two attached hydrogens (primary N) is 3. The van der Waals surface area contributed by atoms with Gasteiger partial charge >= 0.3 is 0 Å². The zero-order valence-corrected chi connectivity index (χ0v) is 17.4. The molecule has 1 aliphatic rings. The molecular weight excluding hydrogens is 427 g/mol. The van der Waals surface area contributed by atoms with Crippen LogP contribution in [0.25, 0.3) is 33.4 Å². The molecule has 2 heterocycles. The zero-order chi connectivity index (χ0) is 23.5. The Morgan fingerprint density at radius 2 is 1.88 bits per heavy atom. The van der Waals surface area contributed by atoms with Gasteiger partial charge in [-0.15, -0.1) is 0 Å². The van der Waals surface area contributed by atoms with E-state index in [1.54, 1.807) is 12.1 Å². The predicted molar refractivity (Wildman–Crippen MR) is 120 cm³/mol. The van der Waals surface area contributed by atoms with Crippen molar-refractivity contribution in [1.82, 2.24) is 14.8 Å². The maximum atomic E-state index is 15.8. The van der Waals surface area contributed by atoms with Crippen LogP contribution in [0.1, 0.15) is 29.2 Å². The fourth-order valence-electron chi connectivity index (χ4n) is 4.27. The van der Waals surface area contributed by atoms with Crippen molar-refractivity contribution < 1.29 is 19.4 Å². The molecular formula is C23H21FN6O3. The minimum atomic E-state index is -1.35. The van der Waals surface area contributed by atoms with E-state index in [9.17, 15) is 15.0 Å². The van der Waals surface area contributed by atoms with E-state index in [1.807, 2.05) is 18.2 Å². The van der Waals surface area contributed by atoms with Crippen LogP contribution in [0, 0.1) is 5.82 Å². The summed E-state index contributed by atoms with van der Waals surface area (Å²) in [6, 6.07) is 13.0. The summed E-state index contributed by atoms with van der Waals surface area (Å²) >= 11 is 0. The maximum Gasteiger partial charge on any atom is 0.254 e. The number of aromatic hydroxyl groups is 1. The van der Waals surface area contributed by atoms with E-state index in [0.717, 1.165) is 0 Å². The molecule has 2 aromatic heterocycles. The van der Waals surface area contributed by atoms with Gasteiger partial charge in [-0.3, -0.25) is 4.79 Å². The molecule has 0 radical (unpaired) electrons. The van der Waals surface area contributed by atoms with Crippen LogP contribution in [0.3, 0.4) is 0 Å². The van der Waals surface area contributed by atoms with E-state index < -0.39 is 17.4 Å². The first-order valence-electron chi connectivity index (χ1n) is 10.2. The summed E-state index contributed by atoms with van der Waals surface area (Å²) in [6.07, 6.45) is 0.346. The van der Waals surface area contributed by atoms with Crippen molar-refractivity contribution in [3.63, 3.8) is 0 Å². The lowest BCUT2D eigenvalue weighted by molar-refractivity contribution is -0.0643. The third-order valence-corrected chi connectivity index (χ3v) is 5.94. The average Bonchev–Trinajstić information content (AvgIpc) is 3.10. The van der Waals surface area contributed by atoms with Gasteiger partial charge in [-0.25, -0.2) is 14.1 Å². The van der Waals surface area contributed by atoms with Crippen molar-refractivity contribution in [2.24, 2.45) is 11.5 Å². The Bertz CT molecular complexity index is 1410. The summed E-state index contributed by atoms with van der Waals surface area (Å²) in [6.45, 7) is 0. The fourth-order valence-corrected chi connectivity index (χ4v) is 4.27. The Morgan fingerprint density at radius 3 is 2.52 bits per heavy atom. The molecule has 33 heavy (non-hydrogen) atoms. The smallest absolute Gasteiger partial charge is 0.254 e. The first kappa shape index (κ1) is 20.9. The summed E-state index contributed by atoms with van der Waals surface area (Å²) in [5, 5.41) is 24.9. The summed E-state index contributed by atoms with van der Waals surface area (Å²) in [5.74, 6) is -1.83. The SMILES string of the molecule is NC(=O)c1c(-c2ccc3c(O)cc(-c4ccccc4)nc3c2F)nn([C@H]2C[C@@](N)(O)C2)c1N. The maximum absolute atomic E-state index is 15.8. The van der Waals surface area contributed by atoms with Crippen LogP contribution in [-0.4, -0.2) is 36.6 Å². The molecule has 1 amide bonds. The molecule has 0 aliphatic heterocycles. The van der Waals surface area contributed by atoms with Crippen LogP contribution in [0.5, 0.6) is 5.75 Å². The minimum absolute atomic E-state index is 0.0358. The van der Waals surface area contributed by atoms with Gasteiger partial charge in [0.1, 0.15) is 34.1 Å². The molecule has 0 bridgehead atoms. The predicted octanol–water partition coefficient (Wildman–Crippen LogP) is 2.27. The Morgan fingerprint density at radius 1 is 1.18 bits per heavy atom. The molecule has 0 spiro atoms. The molecule has 0 atom stereocenters. The summed E-state index contributed by atoms with van der Waals surface area (Å²) < 4.78 is 17.1. The first-order valence-corrected chi connectivity index (χ1v) is 10.2. The molecule has 2 aromatic carbocycles. The number of halogens is 1. The number of carbonyl (C=O) groups excluding carboxylic acids is 1. The van der Waals surface area contributed by atoms with E-state index in [0.29, 0.717) is 11.3 Å². The van der Waals surface area contributed by atoms with Crippen molar-refractivity contribution in [1.29, 1.82) is 0 Å². The van der Waals surface area contributed by atoms with Gasteiger partial charge in [-0.1, -0.05) is 30.3 Å². The second kappa shape index (κ2) is 7.26. The van der Waals surface area contributed by atoms with Gasteiger partial charge in [-0.2, -0.15) is 5.10 Å². The van der Waals surface area contributed by atoms with Crippen LogP contribution in [-0.2, 0) is 0 Å². The molecule has 1 aliphatic carbocycles. The van der Waals surface area contributed by atoms with Crippen molar-refractivity contribution in [2.45, 2.75) is 24.6 Å². The molecule has 8 N–H and O–H groups in total. The van der Waals surface area contributed by atoms with Gasteiger partial charge in [0, 0.05) is 35.4 Å². The second-order valence-electron chi connectivity index (χ2n) is 8.30. The van der Waals surface area contributed by atoms with Crippen LogP contribution in [0.4, 0.5) is 10.2 Å². The van der Waals surface area contributed by atoms with Crippen molar-refractivity contribution in [3.05, 3.63) is 59.9 Å². The van der Waals surface area contributed by atoms with Crippen LogP contribution < -0.4 is 17.2 Å². The average molecular weight is 448 g/mol. The number of nitrogens with zero attached hydrogens (tertiary/aromatic N) is 3. The lowest BCUT2D eigenvalue weighted by Gasteiger charge is -2.40. The highest BCUT2D eigenvalue weighted by Crippen LogP contribution is 2.42. The summed E-state index contributed by atoms with van der Waals surface area (Å²) in [7, 11) is 0. The third kappa shape index (κ3) is 3.36. The van der Waals surface area contributed by atoms with Gasteiger partial charge < -0.3 is 27.4 Å². The molecule has 9 nitrogen and oxygen atoms in total. The van der Waals surface area contributed by atoms with E-state index >= 15 is 4.39 Å². The highest BCUT2D eigenvalue weighted by atomic mass is 19.1. The number of primary amides is 1. The van der Waals surface area contributed by atoms with Crippen molar-refractivity contribution in [3.8, 4) is 28.3 Å². The van der Waals surface area contributed by atoms with Crippen molar-refractivity contribution in [2.75, 3.05) is 5.73 Å². The number of rotatable bonds is 4.